The summed E-state index contributed by atoms with van der Waals surface area (Å²) in [6.45, 7) is 1.24. The summed E-state index contributed by atoms with van der Waals surface area (Å²) in [4.78, 5) is 35.5. The minimum atomic E-state index is -1.05. The second-order valence-electron chi connectivity index (χ2n) is 5.99. The van der Waals surface area contributed by atoms with Crippen LogP contribution in [0.4, 0.5) is 8.78 Å². The zero-order valence-electron chi connectivity index (χ0n) is 15.2. The SMILES string of the molecule is C[C@@H](OC(=O)CNC(=O)c1cccc(F)c1)C(=O)NCCc1ccc(F)cc1. The van der Waals surface area contributed by atoms with Gasteiger partial charge in [0.05, 0.1) is 0 Å². The summed E-state index contributed by atoms with van der Waals surface area (Å²) in [7, 11) is 0. The standard InChI is InChI=1S/C20H20F2N2O4/c1-13(19(26)23-10-9-14-5-7-16(21)8-6-14)28-18(25)12-24-20(27)15-3-2-4-17(22)11-15/h2-8,11,13H,9-10,12H2,1H3,(H,23,26)(H,24,27)/t13-/m1/s1. The number of benzene rings is 2. The zero-order valence-corrected chi connectivity index (χ0v) is 15.2. The Hall–Kier alpha value is -3.29. The average molecular weight is 390 g/mol. The lowest BCUT2D eigenvalue weighted by Gasteiger charge is -2.14. The van der Waals surface area contributed by atoms with E-state index in [1.807, 2.05) is 0 Å². The molecule has 0 spiro atoms. The largest absolute Gasteiger partial charge is 0.451 e. The molecule has 6 nitrogen and oxygen atoms in total. The van der Waals surface area contributed by atoms with E-state index in [4.69, 9.17) is 4.74 Å². The Morgan fingerprint density at radius 3 is 2.39 bits per heavy atom. The maximum absolute atomic E-state index is 13.1. The van der Waals surface area contributed by atoms with Gasteiger partial charge in [0, 0.05) is 12.1 Å². The van der Waals surface area contributed by atoms with E-state index in [1.54, 1.807) is 12.1 Å². The van der Waals surface area contributed by atoms with E-state index in [-0.39, 0.29) is 11.4 Å². The third-order valence-electron chi connectivity index (χ3n) is 3.78. The van der Waals surface area contributed by atoms with Crippen molar-refractivity contribution in [1.29, 1.82) is 0 Å². The highest BCUT2D eigenvalue weighted by molar-refractivity contribution is 5.96. The molecule has 1 atom stereocenters. The van der Waals surface area contributed by atoms with E-state index in [9.17, 15) is 23.2 Å². The van der Waals surface area contributed by atoms with Crippen molar-refractivity contribution in [2.45, 2.75) is 19.4 Å². The Morgan fingerprint density at radius 1 is 1.00 bits per heavy atom. The molecule has 2 aromatic rings. The molecule has 0 bridgehead atoms. The van der Waals surface area contributed by atoms with E-state index in [2.05, 4.69) is 10.6 Å². The van der Waals surface area contributed by atoms with E-state index in [0.717, 1.165) is 11.6 Å². The molecule has 2 amide bonds. The van der Waals surface area contributed by atoms with Crippen molar-refractivity contribution in [1.82, 2.24) is 10.6 Å². The number of ether oxygens (including phenoxy) is 1. The topological polar surface area (TPSA) is 84.5 Å². The van der Waals surface area contributed by atoms with Crippen LogP contribution in [-0.4, -0.2) is 37.0 Å². The van der Waals surface area contributed by atoms with Crippen LogP contribution in [0.15, 0.2) is 48.5 Å². The summed E-state index contributed by atoms with van der Waals surface area (Å²) in [5, 5.41) is 4.91. The first-order valence-electron chi connectivity index (χ1n) is 8.60. The first-order chi connectivity index (χ1) is 13.3. The fourth-order valence-electron chi connectivity index (χ4n) is 2.30. The molecule has 148 valence electrons. The molecule has 2 aromatic carbocycles. The summed E-state index contributed by atoms with van der Waals surface area (Å²) in [6, 6.07) is 10.9. The van der Waals surface area contributed by atoms with Crippen LogP contribution in [-0.2, 0) is 20.7 Å². The van der Waals surface area contributed by atoms with Gasteiger partial charge in [-0.05, 0) is 49.2 Å². The predicted molar refractivity (Wildman–Crippen MR) is 97.4 cm³/mol. The second-order valence-corrected chi connectivity index (χ2v) is 5.99. The minimum Gasteiger partial charge on any atom is -0.451 e. The first-order valence-corrected chi connectivity index (χ1v) is 8.60. The van der Waals surface area contributed by atoms with Crippen LogP contribution >= 0.6 is 0 Å². The van der Waals surface area contributed by atoms with Crippen LogP contribution in [0.2, 0.25) is 0 Å². The average Bonchev–Trinajstić information content (AvgIpc) is 2.67. The van der Waals surface area contributed by atoms with Crippen LogP contribution in [0, 0.1) is 11.6 Å². The highest BCUT2D eigenvalue weighted by atomic mass is 19.1. The third kappa shape index (κ3) is 6.79. The molecule has 0 heterocycles. The first kappa shape index (κ1) is 21.0. The van der Waals surface area contributed by atoms with Crippen molar-refractivity contribution in [3.05, 3.63) is 71.3 Å². The molecule has 2 rings (SSSR count). The highest BCUT2D eigenvalue weighted by Gasteiger charge is 2.18. The quantitative estimate of drug-likeness (QED) is 0.675. The molecule has 0 saturated carbocycles. The molecule has 0 aliphatic carbocycles. The summed E-state index contributed by atoms with van der Waals surface area (Å²) >= 11 is 0. The summed E-state index contributed by atoms with van der Waals surface area (Å²) in [5.41, 5.74) is 0.922. The molecular weight excluding hydrogens is 370 g/mol. The van der Waals surface area contributed by atoms with Gasteiger partial charge in [0.25, 0.3) is 11.8 Å². The highest BCUT2D eigenvalue weighted by Crippen LogP contribution is 2.04. The number of nitrogens with one attached hydrogen (secondary N) is 2. The third-order valence-corrected chi connectivity index (χ3v) is 3.78. The minimum absolute atomic E-state index is 0.0689. The molecule has 2 N–H and O–H groups in total. The fraction of sp³-hybridized carbons (Fsp3) is 0.250. The van der Waals surface area contributed by atoms with Crippen molar-refractivity contribution in [3.8, 4) is 0 Å². The van der Waals surface area contributed by atoms with Crippen LogP contribution in [0.3, 0.4) is 0 Å². The Balaban J connectivity index is 1.69. The summed E-state index contributed by atoms with van der Waals surface area (Å²) in [6.07, 6.45) is -0.553. The van der Waals surface area contributed by atoms with Gasteiger partial charge in [-0.15, -0.1) is 0 Å². The van der Waals surface area contributed by atoms with Gasteiger partial charge in [0.1, 0.15) is 18.2 Å². The zero-order chi connectivity index (χ0) is 20.5. The van der Waals surface area contributed by atoms with Crippen molar-refractivity contribution in [3.63, 3.8) is 0 Å². The van der Waals surface area contributed by atoms with Crippen LogP contribution in [0.5, 0.6) is 0 Å². The maximum Gasteiger partial charge on any atom is 0.326 e. The number of esters is 1. The van der Waals surface area contributed by atoms with Gasteiger partial charge in [-0.1, -0.05) is 18.2 Å². The van der Waals surface area contributed by atoms with Crippen molar-refractivity contribution in [2.75, 3.05) is 13.1 Å². The van der Waals surface area contributed by atoms with E-state index < -0.39 is 36.2 Å². The van der Waals surface area contributed by atoms with Gasteiger partial charge in [-0.2, -0.15) is 0 Å². The molecule has 8 heteroatoms. The van der Waals surface area contributed by atoms with Gasteiger partial charge in [-0.3, -0.25) is 14.4 Å². The lowest BCUT2D eigenvalue weighted by atomic mass is 10.1. The lowest BCUT2D eigenvalue weighted by Crippen LogP contribution is -2.39. The van der Waals surface area contributed by atoms with Crippen molar-refractivity contribution in [2.24, 2.45) is 0 Å². The Bertz CT molecular complexity index is 840. The van der Waals surface area contributed by atoms with Gasteiger partial charge in [0.15, 0.2) is 6.10 Å². The van der Waals surface area contributed by atoms with E-state index >= 15 is 0 Å². The second kappa shape index (κ2) is 10.1. The number of halogens is 2. The van der Waals surface area contributed by atoms with E-state index in [1.165, 1.54) is 37.3 Å². The maximum atomic E-state index is 13.1. The Labute approximate surface area is 160 Å². The monoisotopic (exact) mass is 390 g/mol. The van der Waals surface area contributed by atoms with E-state index in [0.29, 0.717) is 13.0 Å². The van der Waals surface area contributed by atoms with Gasteiger partial charge < -0.3 is 15.4 Å². The number of rotatable bonds is 8. The van der Waals surface area contributed by atoms with Gasteiger partial charge in [0.2, 0.25) is 0 Å². The number of hydrogen-bond donors (Lipinski definition) is 2. The molecule has 0 fully saturated rings. The van der Waals surface area contributed by atoms with Crippen LogP contribution in [0.25, 0.3) is 0 Å². The number of carbonyl (C=O) groups excluding carboxylic acids is 3. The van der Waals surface area contributed by atoms with Gasteiger partial charge in [-0.25, -0.2) is 8.78 Å². The number of carbonyl (C=O) groups is 3. The van der Waals surface area contributed by atoms with Gasteiger partial charge >= 0.3 is 5.97 Å². The van der Waals surface area contributed by atoms with Crippen LogP contribution in [0.1, 0.15) is 22.8 Å². The van der Waals surface area contributed by atoms with Crippen LogP contribution < -0.4 is 10.6 Å². The molecule has 0 aliphatic heterocycles. The number of hydrogen-bond acceptors (Lipinski definition) is 4. The Morgan fingerprint density at radius 2 is 1.71 bits per heavy atom. The normalized spacial score (nSPS) is 11.4. The van der Waals surface area contributed by atoms with Crippen molar-refractivity contribution >= 4 is 17.8 Å². The van der Waals surface area contributed by atoms with Crippen molar-refractivity contribution < 1.29 is 27.9 Å². The molecule has 0 aromatic heterocycles. The fourth-order valence-corrected chi connectivity index (χ4v) is 2.30. The predicted octanol–water partition coefficient (Wildman–Crippen LogP) is 1.99. The Kier molecular flexibility index (Phi) is 7.62. The molecule has 0 saturated heterocycles. The molecule has 28 heavy (non-hydrogen) atoms. The molecule has 0 aliphatic rings. The summed E-state index contributed by atoms with van der Waals surface area (Å²) < 4.78 is 30.9. The molecule has 0 unspecified atom stereocenters. The number of amides is 2. The summed E-state index contributed by atoms with van der Waals surface area (Å²) in [5.74, 6) is -2.83. The lowest BCUT2D eigenvalue weighted by molar-refractivity contribution is -0.153. The smallest absolute Gasteiger partial charge is 0.326 e. The molecule has 0 radical (unpaired) electrons. The molecular formula is C20H20F2N2O4.